The van der Waals surface area contributed by atoms with E-state index >= 15 is 0 Å². The first-order valence-corrected chi connectivity index (χ1v) is 12.8. The van der Waals surface area contributed by atoms with Crippen molar-refractivity contribution in [3.05, 3.63) is 28.2 Å². The van der Waals surface area contributed by atoms with Crippen molar-refractivity contribution in [3.63, 3.8) is 0 Å². The van der Waals surface area contributed by atoms with Crippen LogP contribution in [0.2, 0.25) is 10.0 Å². The molecule has 0 aliphatic heterocycles. The molecular formula is C16H20Cl2N4O3S3. The molecule has 7 nitrogen and oxygen atoms in total. The summed E-state index contributed by atoms with van der Waals surface area (Å²) in [6.07, 6.45) is 2.23. The largest absolute Gasteiger partial charge is 0.299 e. The fourth-order valence-electron chi connectivity index (χ4n) is 2.39. The zero-order valence-corrected chi connectivity index (χ0v) is 19.4. The molecule has 0 aliphatic rings. The van der Waals surface area contributed by atoms with Crippen LogP contribution in [0.1, 0.15) is 26.7 Å². The lowest BCUT2D eigenvalue weighted by molar-refractivity contribution is -0.117. The van der Waals surface area contributed by atoms with Crippen LogP contribution in [0.25, 0.3) is 0 Å². The minimum absolute atomic E-state index is 0.148. The van der Waals surface area contributed by atoms with E-state index in [1.54, 1.807) is 24.8 Å². The Morgan fingerprint density at radius 3 is 2.64 bits per heavy atom. The number of carbonyl (C=O) groups excluding carboxylic acids is 1. The fraction of sp³-hybridized carbons (Fsp3) is 0.438. The van der Waals surface area contributed by atoms with Crippen LogP contribution in [-0.2, 0) is 14.8 Å². The molecule has 1 aromatic carbocycles. The Morgan fingerprint density at radius 2 is 2.04 bits per heavy atom. The maximum absolute atomic E-state index is 12.9. The summed E-state index contributed by atoms with van der Waals surface area (Å²) >= 11 is 15.0. The molecule has 12 heteroatoms. The Morgan fingerprint density at radius 1 is 1.32 bits per heavy atom. The molecule has 0 aliphatic carbocycles. The van der Waals surface area contributed by atoms with Crippen LogP contribution in [0.3, 0.4) is 0 Å². The Labute approximate surface area is 182 Å². The van der Waals surface area contributed by atoms with Crippen LogP contribution in [0.15, 0.2) is 22.5 Å². The molecule has 0 unspecified atom stereocenters. The molecule has 1 N–H and O–H groups in total. The lowest BCUT2D eigenvalue weighted by Crippen LogP contribution is -2.47. The van der Waals surface area contributed by atoms with E-state index < -0.39 is 22.0 Å². The maximum Gasteiger partial charge on any atom is 0.250 e. The number of thioether (sulfide) groups is 1. The number of rotatable bonds is 9. The molecule has 0 radical (unpaired) electrons. The van der Waals surface area contributed by atoms with Gasteiger partial charge in [0.15, 0.2) is 4.34 Å². The molecule has 2 rings (SSSR count). The number of hydrogen-bond acceptors (Lipinski definition) is 7. The standard InChI is InChI=1S/C16H20Cl2N4O3S3/c1-4-8-26-16-21-20-15(27-16)19-14(23)12(5-2)22(28(3,24)25)13-9-10(17)6-7-11(13)18/h6-7,9,12H,4-5,8H2,1-3H3,(H,19,20,23)/t12-/m1/s1. The number of nitrogens with zero attached hydrogens (tertiary/aromatic N) is 3. The number of carbonyl (C=O) groups is 1. The second kappa shape index (κ2) is 10.1. The van der Waals surface area contributed by atoms with E-state index in [-0.39, 0.29) is 17.1 Å². The minimum Gasteiger partial charge on any atom is -0.299 e. The first-order valence-electron chi connectivity index (χ1n) is 8.39. The van der Waals surface area contributed by atoms with Crippen molar-refractivity contribution in [2.24, 2.45) is 0 Å². The zero-order chi connectivity index (χ0) is 20.9. The molecule has 2 aromatic rings. The molecule has 154 valence electrons. The zero-order valence-electron chi connectivity index (χ0n) is 15.5. The first kappa shape index (κ1) is 23.2. The molecule has 1 aromatic heterocycles. The maximum atomic E-state index is 12.9. The van der Waals surface area contributed by atoms with E-state index in [2.05, 4.69) is 22.4 Å². The molecule has 0 fully saturated rings. The van der Waals surface area contributed by atoms with Gasteiger partial charge in [0.2, 0.25) is 21.1 Å². The summed E-state index contributed by atoms with van der Waals surface area (Å²) < 4.78 is 26.7. The smallest absolute Gasteiger partial charge is 0.250 e. The second-order valence-corrected chi connectivity index (χ2v) is 10.8. The number of sulfonamides is 1. The number of hydrogen-bond donors (Lipinski definition) is 1. The van der Waals surface area contributed by atoms with E-state index in [9.17, 15) is 13.2 Å². The van der Waals surface area contributed by atoms with Gasteiger partial charge in [-0.1, -0.05) is 60.1 Å². The lowest BCUT2D eigenvalue weighted by atomic mass is 10.2. The number of amides is 1. The van der Waals surface area contributed by atoms with Crippen molar-refractivity contribution < 1.29 is 13.2 Å². The number of aromatic nitrogens is 2. The van der Waals surface area contributed by atoms with Crippen molar-refractivity contribution in [3.8, 4) is 0 Å². The van der Waals surface area contributed by atoms with Crippen LogP contribution in [0.4, 0.5) is 10.8 Å². The van der Waals surface area contributed by atoms with Crippen LogP contribution < -0.4 is 9.62 Å². The average Bonchev–Trinajstić information content (AvgIpc) is 3.06. The predicted octanol–water partition coefficient (Wildman–Crippen LogP) is 4.53. The number of halogens is 2. The Hall–Kier alpha value is -1.07. The monoisotopic (exact) mass is 482 g/mol. The third kappa shape index (κ3) is 5.96. The van der Waals surface area contributed by atoms with Crippen LogP contribution >= 0.6 is 46.3 Å². The molecule has 28 heavy (non-hydrogen) atoms. The van der Waals surface area contributed by atoms with Gasteiger partial charge in [-0.05, 0) is 31.0 Å². The normalized spacial score (nSPS) is 12.6. The van der Waals surface area contributed by atoms with Gasteiger partial charge in [-0.15, -0.1) is 10.2 Å². The highest BCUT2D eigenvalue weighted by Gasteiger charge is 2.33. The molecule has 1 heterocycles. The molecule has 1 atom stereocenters. The Bertz CT molecular complexity index is 937. The minimum atomic E-state index is -3.82. The highest BCUT2D eigenvalue weighted by atomic mass is 35.5. The SMILES string of the molecule is CCCSc1nnc(NC(=O)[C@@H](CC)N(c2cc(Cl)ccc2Cl)S(C)(=O)=O)s1. The topological polar surface area (TPSA) is 92.3 Å². The van der Waals surface area contributed by atoms with Crippen molar-refractivity contribution >= 4 is 73.0 Å². The quantitative estimate of drug-likeness (QED) is 0.416. The van der Waals surface area contributed by atoms with Crippen molar-refractivity contribution in [2.75, 3.05) is 21.6 Å². The molecule has 1 amide bonds. The van der Waals surface area contributed by atoms with E-state index in [4.69, 9.17) is 23.2 Å². The molecule has 0 saturated heterocycles. The third-order valence-corrected chi connectivity index (χ3v) is 7.44. The Balaban J connectivity index is 2.32. The van der Waals surface area contributed by atoms with Gasteiger partial charge < -0.3 is 0 Å². The summed E-state index contributed by atoms with van der Waals surface area (Å²) in [5.74, 6) is 0.377. The van der Waals surface area contributed by atoms with Crippen LogP contribution in [0.5, 0.6) is 0 Å². The van der Waals surface area contributed by atoms with E-state index in [0.29, 0.717) is 10.2 Å². The van der Waals surface area contributed by atoms with Crippen molar-refractivity contribution in [1.29, 1.82) is 0 Å². The summed E-state index contributed by atoms with van der Waals surface area (Å²) in [6.45, 7) is 3.77. The molecule has 0 saturated carbocycles. The van der Waals surface area contributed by atoms with Gasteiger partial charge in [0.25, 0.3) is 0 Å². The van der Waals surface area contributed by atoms with E-state index in [1.807, 2.05) is 0 Å². The van der Waals surface area contributed by atoms with Gasteiger partial charge in [-0.3, -0.25) is 14.4 Å². The number of benzene rings is 1. The van der Waals surface area contributed by atoms with E-state index in [1.165, 1.54) is 23.5 Å². The second-order valence-electron chi connectivity index (χ2n) is 5.79. The van der Waals surface area contributed by atoms with Gasteiger partial charge >= 0.3 is 0 Å². The molecular weight excluding hydrogens is 463 g/mol. The highest BCUT2D eigenvalue weighted by molar-refractivity contribution is 8.01. The van der Waals surface area contributed by atoms with Gasteiger partial charge in [0.05, 0.1) is 17.0 Å². The van der Waals surface area contributed by atoms with Gasteiger partial charge in [-0.2, -0.15) is 0 Å². The number of anilines is 2. The highest BCUT2D eigenvalue weighted by Crippen LogP contribution is 2.33. The van der Waals surface area contributed by atoms with Gasteiger partial charge in [0.1, 0.15) is 6.04 Å². The van der Waals surface area contributed by atoms with Gasteiger partial charge in [0, 0.05) is 10.8 Å². The number of nitrogens with one attached hydrogen (secondary N) is 1. The molecule has 0 bridgehead atoms. The van der Waals surface area contributed by atoms with Crippen LogP contribution in [0, 0.1) is 0 Å². The van der Waals surface area contributed by atoms with E-state index in [0.717, 1.165) is 27.1 Å². The summed E-state index contributed by atoms with van der Waals surface area (Å²) in [6, 6.07) is 3.43. The third-order valence-electron chi connectivity index (χ3n) is 3.54. The Kier molecular flexibility index (Phi) is 8.38. The predicted molar refractivity (Wildman–Crippen MR) is 117 cm³/mol. The summed E-state index contributed by atoms with van der Waals surface area (Å²) in [4.78, 5) is 12.9. The summed E-state index contributed by atoms with van der Waals surface area (Å²) in [7, 11) is -3.82. The van der Waals surface area contributed by atoms with Crippen LogP contribution in [-0.4, -0.2) is 42.6 Å². The average molecular weight is 483 g/mol. The summed E-state index contributed by atoms with van der Waals surface area (Å²) in [5.41, 5.74) is 0.148. The molecule has 0 spiro atoms. The van der Waals surface area contributed by atoms with Crippen molar-refractivity contribution in [2.45, 2.75) is 37.1 Å². The summed E-state index contributed by atoms with van der Waals surface area (Å²) in [5, 5.41) is 11.4. The lowest BCUT2D eigenvalue weighted by Gasteiger charge is -2.30. The van der Waals surface area contributed by atoms with Crippen molar-refractivity contribution in [1.82, 2.24) is 10.2 Å². The first-order chi connectivity index (χ1) is 13.2. The fourth-order valence-corrected chi connectivity index (χ4v) is 5.71. The van der Waals surface area contributed by atoms with Gasteiger partial charge in [-0.25, -0.2) is 8.42 Å².